The maximum Gasteiger partial charge on any atom is 0.341 e. The molecule has 9 nitrogen and oxygen atoms in total. The number of hydrogen-bond donors (Lipinski definition) is 2. The van der Waals surface area contributed by atoms with Gasteiger partial charge < -0.3 is 19.9 Å². The molecule has 0 bridgehead atoms. The van der Waals surface area contributed by atoms with Crippen LogP contribution in [0.5, 0.6) is 0 Å². The van der Waals surface area contributed by atoms with Crippen molar-refractivity contribution in [2.75, 3.05) is 17.7 Å². The van der Waals surface area contributed by atoms with Crippen LogP contribution in [0, 0.1) is 5.82 Å². The van der Waals surface area contributed by atoms with Crippen LogP contribution in [0.2, 0.25) is 5.02 Å². The highest BCUT2D eigenvalue weighted by Gasteiger charge is 2.28. The number of aromatic nitrogens is 3. The molecule has 5 rings (SSSR count). The zero-order chi connectivity index (χ0) is 29.6. The Hall–Kier alpha value is -3.74. The van der Waals surface area contributed by atoms with E-state index in [9.17, 15) is 18.8 Å². The third kappa shape index (κ3) is 6.66. The molecular weight excluding hydrogens is 601 g/mol. The summed E-state index contributed by atoms with van der Waals surface area (Å²) < 4.78 is 21.3. The van der Waals surface area contributed by atoms with Crippen LogP contribution >= 0.6 is 34.7 Å². The standard InChI is InChI=1S/C29H27ClFN5O4S2/c1-2-40-28(39)24-18-10-6-13-21(18)42-27(24)33-23(37)16-41-29-35-34-22(36(29)15-17-8-4-3-5-9-17)14-32-26(38)25-19(30)11-7-12-20(25)31/h3-5,7-9,11-12H,2,6,10,13-16H2,1H3,(H,32,38)(H,33,37). The number of amides is 2. The number of benzene rings is 2. The van der Waals surface area contributed by atoms with Gasteiger partial charge in [-0.15, -0.1) is 21.5 Å². The molecule has 0 aliphatic heterocycles. The molecule has 0 atom stereocenters. The summed E-state index contributed by atoms with van der Waals surface area (Å²) >= 11 is 8.64. The minimum absolute atomic E-state index is 0.00240. The molecule has 13 heteroatoms. The molecule has 218 valence electrons. The van der Waals surface area contributed by atoms with Crippen LogP contribution in [0.25, 0.3) is 0 Å². The van der Waals surface area contributed by atoms with Crippen molar-refractivity contribution < 1.29 is 23.5 Å². The summed E-state index contributed by atoms with van der Waals surface area (Å²) in [6.07, 6.45) is 2.64. The molecule has 0 saturated carbocycles. The molecule has 0 radical (unpaired) electrons. The first-order chi connectivity index (χ1) is 20.4. The first-order valence-electron chi connectivity index (χ1n) is 13.3. The second-order valence-corrected chi connectivity index (χ2v) is 11.8. The molecule has 0 saturated heterocycles. The average molecular weight is 628 g/mol. The molecule has 2 N–H and O–H groups in total. The Morgan fingerprint density at radius 2 is 1.90 bits per heavy atom. The molecule has 2 heterocycles. The third-order valence-corrected chi connectivity index (χ3v) is 9.05. The van der Waals surface area contributed by atoms with Crippen molar-refractivity contribution in [1.82, 2.24) is 20.1 Å². The number of halogens is 2. The van der Waals surface area contributed by atoms with Crippen LogP contribution in [0.15, 0.2) is 53.7 Å². The number of anilines is 1. The Balaban J connectivity index is 1.31. The first kappa shape index (κ1) is 29.7. The topological polar surface area (TPSA) is 115 Å². The van der Waals surface area contributed by atoms with Gasteiger partial charge in [0.05, 0.1) is 41.6 Å². The smallest absolute Gasteiger partial charge is 0.341 e. The number of carbonyl (C=O) groups excluding carboxylic acids is 3. The van der Waals surface area contributed by atoms with Crippen molar-refractivity contribution in [3.63, 3.8) is 0 Å². The zero-order valence-electron chi connectivity index (χ0n) is 22.6. The van der Waals surface area contributed by atoms with Gasteiger partial charge in [0.25, 0.3) is 5.91 Å². The Morgan fingerprint density at radius 3 is 2.67 bits per heavy atom. The molecule has 0 spiro atoms. The number of esters is 1. The van der Waals surface area contributed by atoms with E-state index in [2.05, 4.69) is 20.8 Å². The van der Waals surface area contributed by atoms with Gasteiger partial charge in [-0.25, -0.2) is 9.18 Å². The van der Waals surface area contributed by atoms with Crippen molar-refractivity contribution in [2.45, 2.75) is 44.4 Å². The van der Waals surface area contributed by atoms with E-state index >= 15 is 0 Å². The van der Waals surface area contributed by atoms with E-state index in [-0.39, 0.29) is 35.4 Å². The molecule has 0 fully saturated rings. The fourth-order valence-electron chi connectivity index (χ4n) is 4.65. The number of ether oxygens (including phenoxy) is 1. The van der Waals surface area contributed by atoms with Crippen LogP contribution < -0.4 is 10.6 Å². The predicted molar refractivity (Wildman–Crippen MR) is 160 cm³/mol. The highest BCUT2D eigenvalue weighted by Crippen LogP contribution is 2.39. The number of aryl methyl sites for hydroxylation is 1. The van der Waals surface area contributed by atoms with Crippen molar-refractivity contribution in [3.05, 3.63) is 92.3 Å². The van der Waals surface area contributed by atoms with Crippen LogP contribution in [-0.2, 0) is 35.5 Å². The fraction of sp³-hybridized carbons (Fsp3) is 0.276. The van der Waals surface area contributed by atoms with Gasteiger partial charge in [0.1, 0.15) is 10.8 Å². The van der Waals surface area contributed by atoms with Crippen molar-refractivity contribution >= 4 is 57.5 Å². The fourth-order valence-corrected chi connectivity index (χ4v) is 6.95. The van der Waals surface area contributed by atoms with Gasteiger partial charge in [-0.05, 0) is 49.4 Å². The lowest BCUT2D eigenvalue weighted by atomic mass is 10.1. The third-order valence-electron chi connectivity index (χ3n) is 6.56. The Kier molecular flexibility index (Phi) is 9.55. The molecule has 2 amide bonds. The summed E-state index contributed by atoms with van der Waals surface area (Å²) in [5.41, 5.74) is 2.13. The highest BCUT2D eigenvalue weighted by molar-refractivity contribution is 7.99. The summed E-state index contributed by atoms with van der Waals surface area (Å²) in [4.78, 5) is 39.5. The summed E-state index contributed by atoms with van der Waals surface area (Å²) in [7, 11) is 0. The first-order valence-corrected chi connectivity index (χ1v) is 15.5. The number of fused-ring (bicyclic) bond motifs is 1. The van der Waals surface area contributed by atoms with Gasteiger partial charge in [0.2, 0.25) is 5.91 Å². The number of rotatable bonds is 11. The number of thioether (sulfide) groups is 1. The Labute approximate surface area is 254 Å². The van der Waals surface area contributed by atoms with E-state index in [1.54, 1.807) is 11.5 Å². The number of nitrogens with one attached hydrogen (secondary N) is 2. The summed E-state index contributed by atoms with van der Waals surface area (Å²) in [6.45, 7) is 2.34. The molecule has 0 unspecified atom stereocenters. The lowest BCUT2D eigenvalue weighted by Crippen LogP contribution is -2.26. The predicted octanol–water partition coefficient (Wildman–Crippen LogP) is 5.51. The molecule has 1 aliphatic rings. The number of carbonyl (C=O) groups is 3. The second-order valence-electron chi connectivity index (χ2n) is 9.37. The maximum atomic E-state index is 14.2. The van der Waals surface area contributed by atoms with Gasteiger partial charge >= 0.3 is 5.97 Å². The monoisotopic (exact) mass is 627 g/mol. The Morgan fingerprint density at radius 1 is 1.10 bits per heavy atom. The summed E-state index contributed by atoms with van der Waals surface area (Å²) in [5.74, 6) is -1.71. The van der Waals surface area contributed by atoms with Crippen molar-refractivity contribution in [1.29, 1.82) is 0 Å². The van der Waals surface area contributed by atoms with Gasteiger partial charge in [0.15, 0.2) is 11.0 Å². The molecular formula is C29H27ClFN5O4S2. The largest absolute Gasteiger partial charge is 0.462 e. The molecule has 1 aliphatic carbocycles. The lowest BCUT2D eigenvalue weighted by Gasteiger charge is -2.12. The molecule has 2 aromatic carbocycles. The van der Waals surface area contributed by atoms with Crippen LogP contribution in [0.4, 0.5) is 9.39 Å². The maximum absolute atomic E-state index is 14.2. The molecule has 2 aromatic heterocycles. The van der Waals surface area contributed by atoms with E-state index in [1.807, 2.05) is 30.3 Å². The van der Waals surface area contributed by atoms with Gasteiger partial charge in [-0.1, -0.05) is 59.8 Å². The number of nitrogens with zero attached hydrogens (tertiary/aromatic N) is 3. The van der Waals surface area contributed by atoms with Gasteiger partial charge in [0, 0.05) is 4.88 Å². The van der Waals surface area contributed by atoms with Crippen molar-refractivity contribution in [2.24, 2.45) is 0 Å². The summed E-state index contributed by atoms with van der Waals surface area (Å²) in [5, 5.41) is 15.0. The van der Waals surface area contributed by atoms with E-state index < -0.39 is 17.7 Å². The van der Waals surface area contributed by atoms with Crippen LogP contribution in [0.3, 0.4) is 0 Å². The van der Waals surface area contributed by atoms with Crippen LogP contribution in [-0.4, -0.2) is 44.9 Å². The Bertz CT molecular complexity index is 1610. The number of thiophene rings is 1. The zero-order valence-corrected chi connectivity index (χ0v) is 25.0. The quantitative estimate of drug-likeness (QED) is 0.167. The van der Waals surface area contributed by atoms with E-state index in [0.29, 0.717) is 28.1 Å². The second kappa shape index (κ2) is 13.5. The summed E-state index contributed by atoms with van der Waals surface area (Å²) in [6, 6.07) is 13.6. The van der Waals surface area contributed by atoms with E-state index in [1.165, 1.54) is 35.2 Å². The lowest BCUT2D eigenvalue weighted by molar-refractivity contribution is -0.113. The van der Waals surface area contributed by atoms with Gasteiger partial charge in [-0.2, -0.15) is 0 Å². The minimum atomic E-state index is -0.727. The normalized spacial score (nSPS) is 12.2. The van der Waals surface area contributed by atoms with Gasteiger partial charge in [-0.3, -0.25) is 9.59 Å². The highest BCUT2D eigenvalue weighted by atomic mass is 35.5. The van der Waals surface area contributed by atoms with Crippen molar-refractivity contribution in [3.8, 4) is 0 Å². The minimum Gasteiger partial charge on any atom is -0.462 e. The molecule has 42 heavy (non-hydrogen) atoms. The average Bonchev–Trinajstić information content (AvgIpc) is 3.66. The van der Waals surface area contributed by atoms with E-state index in [0.717, 1.165) is 41.3 Å². The SMILES string of the molecule is CCOC(=O)c1c(NC(=O)CSc2nnc(CNC(=O)c3c(F)cccc3Cl)n2Cc2ccccc2)sc2c1CCC2. The van der Waals surface area contributed by atoms with Crippen LogP contribution in [0.1, 0.15) is 55.9 Å². The molecule has 4 aromatic rings. The number of hydrogen-bond acceptors (Lipinski definition) is 8. The van der Waals surface area contributed by atoms with E-state index in [4.69, 9.17) is 16.3 Å².